The molecule has 4 fully saturated rings. The molecule has 78 heavy (non-hydrogen) atoms. The first-order valence-corrected chi connectivity index (χ1v) is 28.3. The number of nitrogens with zero attached hydrogens (tertiary/aromatic N) is 12. The molecule has 26 nitrogen and oxygen atoms in total. The van der Waals surface area contributed by atoms with Crippen LogP contribution in [0.4, 0.5) is 19.2 Å². The van der Waals surface area contributed by atoms with Crippen LogP contribution in [-0.4, -0.2) is 221 Å². The molecular weight excluding hydrogens is 1210 g/mol. The van der Waals surface area contributed by atoms with Gasteiger partial charge in [0.05, 0.1) is 70.1 Å². The van der Waals surface area contributed by atoms with Crippen molar-refractivity contribution in [1.82, 2.24) is 63.3 Å². The fraction of sp³-hybridized carbons (Fsp3) is 0.383. The third-order valence-electron chi connectivity index (χ3n) is 12.1. The number of hydrogen-bond acceptors (Lipinski definition) is 17. The number of carboxylic acid groups (broad SMARTS) is 1. The summed E-state index contributed by atoms with van der Waals surface area (Å²) in [6.07, 6.45) is 17.8. The molecule has 8 amide bonds. The molecule has 8 aliphatic rings. The van der Waals surface area contributed by atoms with Crippen LogP contribution in [0.25, 0.3) is 17.1 Å². The van der Waals surface area contributed by atoms with E-state index in [-0.39, 0.29) is 74.9 Å². The zero-order valence-electron chi connectivity index (χ0n) is 42.3. The quantitative estimate of drug-likeness (QED) is 0.110. The molecule has 8 bridgehead atoms. The summed E-state index contributed by atoms with van der Waals surface area (Å²) in [4.78, 5) is 125. The van der Waals surface area contributed by atoms with Crippen LogP contribution in [-0.2, 0) is 14.5 Å². The van der Waals surface area contributed by atoms with Crippen molar-refractivity contribution >= 4 is 115 Å². The number of nitrogens with one attached hydrogen (secondary N) is 1. The van der Waals surface area contributed by atoms with Crippen LogP contribution in [0.5, 0.6) is 0 Å². The van der Waals surface area contributed by atoms with E-state index in [1.807, 2.05) is 12.2 Å². The van der Waals surface area contributed by atoms with Gasteiger partial charge in [0, 0.05) is 100 Å². The number of amides is 8. The maximum atomic E-state index is 12.1. The standard InChI is InChI=1S/C12H13N3O3S.C10H11N3O2S.C9H11IN2O2.C9H9N3O3S.C4H9NO2.C3H3NOS/c1-2-4-18-15-10-6-9(7-13(8-10)11(15)16)14-3-5-19-12(14)17;1-11-7-4-8(6-12(5-7)9(11)14)13-2-3-16-10(13)15;1-2-3-14-12-8-4-7(10)5-11(6-8)9(12)13;13-8-10-4-6(3-7(5-10)12(8)15)11-1-2-16-9(11)14;1-5(2)3-4(6)7;5-3-4-1-2-6-3/h2-3,5-6,10H,1,4,7-8H2;2-4,7H,5-6H2,1H3;2,4,8H,1,3,5-6H2;1-3,7,15H,4-5H2;3H2,1-2H3,(H,6,7);1-2H,(H,4,5). The lowest BCUT2D eigenvalue weighted by molar-refractivity contribution is -0.137. The van der Waals surface area contributed by atoms with Crippen molar-refractivity contribution in [2.45, 2.75) is 24.2 Å². The van der Waals surface area contributed by atoms with Gasteiger partial charge in [-0.2, -0.15) is 15.2 Å². The average molecular weight is 1270 g/mol. The SMILES string of the molecule is C=CCON1C(=O)N2CC(I)=CC1C2.C=CCON1C(=O)N2CC(n3ccsc3=O)=CC1C2.CN(C)CC(=O)O.CN1C(=O)N2CC(n3ccsc3=O)=CC1C2.O=C1N2CC(n3ccsc3=O)=CC(C2)N1O.O=c1[nH]ccs1. The van der Waals surface area contributed by atoms with Gasteiger partial charge in [-0.05, 0) is 61.0 Å². The molecule has 3 N–H and O–H groups in total. The van der Waals surface area contributed by atoms with E-state index < -0.39 is 12.0 Å². The molecule has 4 unspecified atom stereocenters. The van der Waals surface area contributed by atoms with E-state index in [4.69, 9.17) is 14.8 Å². The number of halogens is 1. The number of aromatic nitrogens is 4. The van der Waals surface area contributed by atoms with Gasteiger partial charge in [0.1, 0.15) is 0 Å². The molecule has 418 valence electrons. The summed E-state index contributed by atoms with van der Waals surface area (Å²) in [7, 11) is 5.23. The summed E-state index contributed by atoms with van der Waals surface area (Å²) in [5.41, 5.74) is 2.47. The van der Waals surface area contributed by atoms with Crippen molar-refractivity contribution in [2.24, 2.45) is 0 Å². The molecule has 0 saturated carbocycles. The topological polar surface area (TPSA) is 272 Å². The Morgan fingerprint density at radius 2 is 1.06 bits per heavy atom. The molecule has 4 saturated heterocycles. The van der Waals surface area contributed by atoms with E-state index in [2.05, 4.69) is 46.8 Å². The van der Waals surface area contributed by atoms with Gasteiger partial charge in [0.25, 0.3) is 0 Å². The number of carbonyl (C=O) groups is 5. The number of likely N-dealkylation sites (N-methyl/N-ethyl adjacent to an activating group) is 2. The summed E-state index contributed by atoms with van der Waals surface area (Å²) in [6, 6.07) is -0.891. The van der Waals surface area contributed by atoms with Gasteiger partial charge in [-0.25, -0.2) is 19.2 Å². The number of aromatic amines is 1. The Morgan fingerprint density at radius 1 is 0.641 bits per heavy atom. The fourth-order valence-electron chi connectivity index (χ4n) is 8.67. The summed E-state index contributed by atoms with van der Waals surface area (Å²) in [6.45, 7) is 12.5. The second-order valence-electron chi connectivity index (χ2n) is 17.9. The lowest BCUT2D eigenvalue weighted by Gasteiger charge is -2.21. The van der Waals surface area contributed by atoms with Crippen LogP contribution in [0, 0.1) is 0 Å². The van der Waals surface area contributed by atoms with Crippen molar-refractivity contribution in [1.29, 1.82) is 0 Å². The Labute approximate surface area is 475 Å². The predicted octanol–water partition coefficient (Wildman–Crippen LogP) is 3.36. The van der Waals surface area contributed by atoms with Crippen LogP contribution < -0.4 is 19.5 Å². The lowest BCUT2D eigenvalue weighted by atomic mass is 10.2. The Kier molecular flexibility index (Phi) is 20.2. The average Bonchev–Trinajstić information content (AvgIpc) is 4.42. The molecule has 0 aromatic carbocycles. The van der Waals surface area contributed by atoms with E-state index in [0.29, 0.717) is 50.9 Å². The molecule has 31 heteroatoms. The zero-order chi connectivity index (χ0) is 56.4. The summed E-state index contributed by atoms with van der Waals surface area (Å²) >= 11 is 6.84. The Bertz CT molecular complexity index is 3110. The molecule has 0 spiro atoms. The highest BCUT2D eigenvalue weighted by Gasteiger charge is 2.43. The maximum Gasteiger partial charge on any atom is 0.345 e. The van der Waals surface area contributed by atoms with Gasteiger partial charge in [-0.15, -0.1) is 13.2 Å². The highest BCUT2D eigenvalue weighted by Crippen LogP contribution is 2.29. The number of carboxylic acids is 1. The molecule has 8 aliphatic heterocycles. The van der Waals surface area contributed by atoms with E-state index >= 15 is 0 Å². The molecule has 0 aliphatic carbocycles. The zero-order valence-corrected chi connectivity index (χ0v) is 47.8. The van der Waals surface area contributed by atoms with Crippen molar-refractivity contribution in [3.05, 3.63) is 138 Å². The lowest BCUT2D eigenvalue weighted by Crippen LogP contribution is -2.33. The molecule has 4 aromatic rings. The smallest absolute Gasteiger partial charge is 0.345 e. The number of thiazole rings is 4. The molecule has 4 aromatic heterocycles. The normalized spacial score (nSPS) is 21.2. The highest BCUT2D eigenvalue weighted by molar-refractivity contribution is 14.1. The molecule has 0 radical (unpaired) electrons. The summed E-state index contributed by atoms with van der Waals surface area (Å²) < 4.78 is 5.90. The molecule has 12 rings (SSSR count). The Morgan fingerprint density at radius 3 is 1.44 bits per heavy atom. The molecule has 12 heterocycles. The number of hydroxylamine groups is 6. The maximum absolute atomic E-state index is 12.1. The minimum atomic E-state index is -0.787. The Balaban J connectivity index is 0.000000141. The van der Waals surface area contributed by atoms with E-state index in [1.54, 1.807) is 119 Å². The molecule has 4 atom stereocenters. The van der Waals surface area contributed by atoms with Crippen molar-refractivity contribution in [3.8, 4) is 0 Å². The largest absolute Gasteiger partial charge is 0.480 e. The summed E-state index contributed by atoms with van der Waals surface area (Å²) in [5.74, 6) is -0.787. The first-order chi connectivity index (χ1) is 37.3. The van der Waals surface area contributed by atoms with Crippen LogP contribution in [0.1, 0.15) is 0 Å². The van der Waals surface area contributed by atoms with E-state index in [0.717, 1.165) is 52.9 Å². The third-order valence-corrected chi connectivity index (χ3v) is 15.4. The van der Waals surface area contributed by atoms with Crippen molar-refractivity contribution < 1.29 is 44.0 Å². The highest BCUT2D eigenvalue weighted by atomic mass is 127. The van der Waals surface area contributed by atoms with Crippen molar-refractivity contribution in [2.75, 3.05) is 93.3 Å². The van der Waals surface area contributed by atoms with E-state index in [9.17, 15) is 48.4 Å². The first-order valence-electron chi connectivity index (χ1n) is 23.7. The number of fused-ring (bicyclic) bond motifs is 8. The number of aliphatic carboxylic acids is 1. The monoisotopic (exact) mass is 1270 g/mol. The minimum Gasteiger partial charge on any atom is -0.480 e. The van der Waals surface area contributed by atoms with Crippen LogP contribution >= 0.6 is 67.9 Å². The first kappa shape index (κ1) is 59.0. The van der Waals surface area contributed by atoms with Crippen LogP contribution in [0.3, 0.4) is 0 Å². The minimum absolute atomic E-state index is 0.00357. The fourth-order valence-corrected chi connectivity index (χ4v) is 11.7. The van der Waals surface area contributed by atoms with E-state index in [1.165, 1.54) is 45.8 Å². The van der Waals surface area contributed by atoms with Crippen molar-refractivity contribution in [3.63, 3.8) is 0 Å². The van der Waals surface area contributed by atoms with Gasteiger partial charge < -0.3 is 34.6 Å². The van der Waals surface area contributed by atoms with Gasteiger partial charge in [-0.3, -0.25) is 57.5 Å². The number of H-pyrrole nitrogens is 1. The second-order valence-corrected chi connectivity index (χ2v) is 22.7. The summed E-state index contributed by atoms with van der Waals surface area (Å²) in [5, 5.41) is 27.9. The predicted molar refractivity (Wildman–Crippen MR) is 302 cm³/mol. The van der Waals surface area contributed by atoms with Gasteiger partial charge in [-0.1, -0.05) is 57.5 Å². The second kappa shape index (κ2) is 26.8. The number of carbonyl (C=O) groups excluding carboxylic acids is 4. The molecular formula is C47H56IN13O13S4. The number of hydrogen-bond donors (Lipinski definition) is 3. The van der Waals surface area contributed by atoms with Crippen LogP contribution in [0.2, 0.25) is 0 Å². The third kappa shape index (κ3) is 14.3. The van der Waals surface area contributed by atoms with Gasteiger partial charge >= 0.3 is 49.6 Å². The Hall–Kier alpha value is -6.72. The van der Waals surface area contributed by atoms with Gasteiger partial charge in [0.2, 0.25) is 0 Å². The van der Waals surface area contributed by atoms with Gasteiger partial charge in [0.15, 0.2) is 0 Å². The number of rotatable bonds is 11. The number of urea groups is 4. The van der Waals surface area contributed by atoms with Crippen LogP contribution in [0.15, 0.2) is 119 Å².